The first-order valence-electron chi connectivity index (χ1n) is 29.6. The Morgan fingerprint density at radius 1 is 0.560 bits per heavy atom. The lowest BCUT2D eigenvalue weighted by molar-refractivity contribution is 0.183. The van der Waals surface area contributed by atoms with Crippen LogP contribution in [0.25, 0.3) is 5.57 Å². The predicted molar refractivity (Wildman–Crippen MR) is 357 cm³/mol. The van der Waals surface area contributed by atoms with E-state index in [0.29, 0.717) is 128 Å². The number of allylic oxidation sites excluding steroid dienone is 2. The van der Waals surface area contributed by atoms with E-state index in [2.05, 4.69) is 136 Å². The summed E-state index contributed by atoms with van der Waals surface area (Å²) in [4.78, 5) is 50.0. The van der Waals surface area contributed by atoms with Gasteiger partial charge >= 0.3 is 0 Å². The Morgan fingerprint density at radius 3 is 1.54 bits per heavy atom. The van der Waals surface area contributed by atoms with E-state index >= 15 is 0 Å². The number of hydrogen-bond donors (Lipinski definition) is 7. The molecule has 2 aliphatic carbocycles. The molecule has 91 heavy (non-hydrogen) atoms. The maximum atomic E-state index is 9.73. The Hall–Kier alpha value is -8.86. The molecule has 1 saturated carbocycles. The minimum atomic E-state index is -0.477. The van der Waals surface area contributed by atoms with Crippen LogP contribution in [0.3, 0.4) is 0 Å². The number of methoxy groups -OCH3 is 3. The fraction of sp³-hybridized carbons (Fsp3) is 0.397. The summed E-state index contributed by atoms with van der Waals surface area (Å²) in [6.07, 6.45) is 23.9. The lowest BCUT2D eigenvalue weighted by Crippen LogP contribution is -2.19. The van der Waals surface area contributed by atoms with E-state index in [0.717, 1.165) is 60.1 Å². The monoisotopic (exact) mass is 1370 g/mol. The van der Waals surface area contributed by atoms with E-state index in [9.17, 15) is 5.11 Å². The Labute approximate surface area is 546 Å². The van der Waals surface area contributed by atoms with Crippen molar-refractivity contribution in [2.75, 3.05) is 74.6 Å². The summed E-state index contributed by atoms with van der Waals surface area (Å²) in [6, 6.07) is 7.18. The van der Waals surface area contributed by atoms with Crippen molar-refractivity contribution in [2.45, 2.75) is 124 Å². The van der Waals surface area contributed by atoms with Crippen molar-refractivity contribution < 1.29 is 38.3 Å². The molecule has 1 fully saturated rings. The second-order valence-electron chi connectivity index (χ2n) is 21.5. The molecule has 0 aliphatic heterocycles. The van der Waals surface area contributed by atoms with Crippen molar-refractivity contribution in [3.05, 3.63) is 123 Å². The van der Waals surface area contributed by atoms with Crippen molar-refractivity contribution >= 4 is 72.6 Å². The number of anilines is 6. The fourth-order valence-corrected chi connectivity index (χ4v) is 9.84. The third-order valence-electron chi connectivity index (χ3n) is 14.1. The van der Waals surface area contributed by atoms with Crippen LogP contribution in [0, 0.1) is 13.8 Å². The third-order valence-corrected chi connectivity index (χ3v) is 15.0. The number of aryl methyl sites for hydroxylation is 2. The molecule has 1 atom stereocenters. The minimum Gasteiger partial charge on any atom is -0.481 e. The molecule has 484 valence electrons. The number of ether oxygens (including phenoxy) is 7. The highest BCUT2D eigenvalue weighted by atomic mass is 79.9. The van der Waals surface area contributed by atoms with Crippen LogP contribution in [0.1, 0.15) is 138 Å². The van der Waals surface area contributed by atoms with Gasteiger partial charge in [-0.3, -0.25) is 0 Å². The number of aromatic nitrogens is 12. The average molecular weight is 1380 g/mol. The van der Waals surface area contributed by atoms with Gasteiger partial charge in [-0.05, 0) is 108 Å². The van der Waals surface area contributed by atoms with Crippen LogP contribution in [0.5, 0.6) is 57.8 Å². The van der Waals surface area contributed by atoms with Gasteiger partial charge in [-0.15, -0.1) is 0 Å². The van der Waals surface area contributed by atoms with E-state index in [1.807, 2.05) is 19.2 Å². The number of halogens is 2. The Morgan fingerprint density at radius 2 is 1.05 bits per heavy atom. The first kappa shape index (κ1) is 69.6. The second kappa shape index (κ2) is 34.4. The Balaban J connectivity index is 0.000000172. The standard InChI is InChI=1S/C16H22BrN5O2.C16H20N4O2.C16H18N4O2.C15H20BrN5O2/c1-4-10(23)6-20-15-13(8-21-16(18)22-15)24-12-5-14(17)19-7-11(12)9(2)3;2*1-10-18-9-14(16(17)20-10)22-13-7-15(21-2)19-8-12(13)11-5-3-4-6-11;1-9(2)10-7-19-13(16)6-11(10)23-12-8-20-15(17)21-14(12)18-4-5-22-3/h5,7-10,23H,4,6H2,1-3H3,(H3,18,20,21,22);7-9,11H,3-6H2,1-2H3,(H2,17,18,20);5,7-9H,3-4,6H2,1-2H3,(H2,17,18,20);6-9H,4-5H2,1-3H3,(H3,17,18,20,21). The number of rotatable bonds is 22. The quantitative estimate of drug-likeness (QED) is 0.0245. The molecule has 2 aliphatic rings. The van der Waals surface area contributed by atoms with Crippen LogP contribution in [-0.4, -0.2) is 112 Å². The van der Waals surface area contributed by atoms with E-state index in [-0.39, 0.29) is 23.7 Å². The zero-order valence-electron chi connectivity index (χ0n) is 52.8. The highest BCUT2D eigenvalue weighted by Gasteiger charge is 2.24. The van der Waals surface area contributed by atoms with Crippen LogP contribution in [0.4, 0.5) is 35.2 Å². The van der Waals surface area contributed by atoms with Gasteiger partial charge in [0.25, 0.3) is 0 Å². The largest absolute Gasteiger partial charge is 0.481 e. The van der Waals surface area contributed by atoms with Crippen LogP contribution in [0.15, 0.2) is 89.1 Å². The van der Waals surface area contributed by atoms with Crippen molar-refractivity contribution in [3.8, 4) is 57.8 Å². The molecule has 11 N–H and O–H groups in total. The second-order valence-corrected chi connectivity index (χ2v) is 23.1. The van der Waals surface area contributed by atoms with Gasteiger partial charge in [0.1, 0.15) is 43.9 Å². The molecule has 8 heterocycles. The van der Waals surface area contributed by atoms with Crippen LogP contribution >= 0.6 is 31.9 Å². The molecule has 0 radical (unpaired) electrons. The summed E-state index contributed by atoms with van der Waals surface area (Å²) in [5.41, 5.74) is 28.4. The number of aliphatic hydroxyl groups excluding tert-OH is 1. The lowest BCUT2D eigenvalue weighted by atomic mass is 9.98. The zero-order chi connectivity index (χ0) is 65.6. The first-order valence-corrected chi connectivity index (χ1v) is 31.2. The van der Waals surface area contributed by atoms with Crippen molar-refractivity contribution in [1.82, 2.24) is 59.8 Å². The number of nitrogens with one attached hydrogen (secondary N) is 2. The fourth-order valence-electron chi connectivity index (χ4n) is 9.22. The van der Waals surface area contributed by atoms with Gasteiger partial charge in [-0.2, -0.15) is 9.97 Å². The number of nitrogens with two attached hydrogens (primary N) is 4. The molecule has 8 aromatic rings. The van der Waals surface area contributed by atoms with Gasteiger partial charge in [0.15, 0.2) is 46.3 Å². The number of nitrogens with zero attached hydrogens (tertiary/aromatic N) is 12. The predicted octanol–water partition coefficient (Wildman–Crippen LogP) is 12.9. The molecule has 26 nitrogen and oxygen atoms in total. The lowest BCUT2D eigenvalue weighted by Gasteiger charge is -2.17. The summed E-state index contributed by atoms with van der Waals surface area (Å²) in [5.74, 6) is 9.70. The van der Waals surface area contributed by atoms with Crippen molar-refractivity contribution in [3.63, 3.8) is 0 Å². The topological polar surface area (TPSA) is 368 Å². The highest BCUT2D eigenvalue weighted by Crippen LogP contribution is 2.43. The highest BCUT2D eigenvalue weighted by molar-refractivity contribution is 9.10. The van der Waals surface area contributed by atoms with Gasteiger partial charge in [0, 0.05) is 91.5 Å². The SMILES string of the molecule is CCC(O)CNc1nc(N)ncc1Oc1cc(Br)ncc1C(C)C.COCCNc1nc(N)ncc1Oc1cc(Br)ncc1C(C)C.COc1cc(Oc2cnc(C)nc2N)c(C2=CCCC2)cn1.COc1cc(Oc2cnc(C)nc2N)c(C2CCCC2)cn1. The number of nitrogen functional groups attached to an aromatic ring is 4. The number of aliphatic hydroxyl groups is 1. The number of hydrogen-bond acceptors (Lipinski definition) is 26. The summed E-state index contributed by atoms with van der Waals surface area (Å²) < 4.78 is 40.7. The van der Waals surface area contributed by atoms with E-state index < -0.39 is 6.10 Å². The molecule has 1 unspecified atom stereocenters. The molecule has 28 heteroatoms. The maximum absolute atomic E-state index is 9.73. The Bertz CT molecular complexity index is 3710. The van der Waals surface area contributed by atoms with E-state index in [1.165, 1.54) is 24.6 Å². The number of pyridine rings is 4. The molecule has 0 bridgehead atoms. The molecule has 10 rings (SSSR count). The summed E-state index contributed by atoms with van der Waals surface area (Å²) >= 11 is 6.72. The van der Waals surface area contributed by atoms with E-state index in [1.54, 1.807) is 90.6 Å². The normalized spacial score (nSPS) is 12.9. The van der Waals surface area contributed by atoms with Crippen LogP contribution in [-0.2, 0) is 4.74 Å². The molecule has 8 aromatic heterocycles. The zero-order valence-corrected chi connectivity index (χ0v) is 56.0. The summed E-state index contributed by atoms with van der Waals surface area (Å²) in [7, 11) is 4.80. The molecule has 0 aromatic carbocycles. The molecule has 0 amide bonds. The molecule has 0 spiro atoms. The van der Waals surface area contributed by atoms with Gasteiger partial charge in [-0.25, -0.2) is 49.8 Å². The summed E-state index contributed by atoms with van der Waals surface area (Å²) in [6.45, 7) is 15.2. The van der Waals surface area contributed by atoms with Gasteiger partial charge in [-0.1, -0.05) is 53.5 Å². The summed E-state index contributed by atoms with van der Waals surface area (Å²) in [5, 5.41) is 15.9. The molecule has 0 saturated heterocycles. The minimum absolute atomic E-state index is 0.135. The van der Waals surface area contributed by atoms with E-state index in [4.69, 9.17) is 56.1 Å². The third kappa shape index (κ3) is 20.6. The molecular weight excluding hydrogens is 1300 g/mol. The van der Waals surface area contributed by atoms with Gasteiger partial charge < -0.3 is 71.8 Å². The van der Waals surface area contributed by atoms with Crippen molar-refractivity contribution in [1.29, 1.82) is 0 Å². The van der Waals surface area contributed by atoms with Gasteiger partial charge in [0.05, 0.1) is 51.7 Å². The average Bonchev–Trinajstić information content (AvgIpc) is 3.21. The van der Waals surface area contributed by atoms with Crippen LogP contribution in [0.2, 0.25) is 0 Å². The first-order chi connectivity index (χ1) is 43.7. The van der Waals surface area contributed by atoms with Crippen LogP contribution < -0.4 is 62.0 Å². The Kier molecular flexibility index (Phi) is 26.3. The molecular formula is C63H80Br2N18O8. The smallest absolute Gasteiger partial charge is 0.222 e. The van der Waals surface area contributed by atoms with Crippen molar-refractivity contribution in [2.24, 2.45) is 0 Å². The maximum Gasteiger partial charge on any atom is 0.222 e. The van der Waals surface area contributed by atoms with Gasteiger partial charge in [0.2, 0.25) is 23.7 Å².